The van der Waals surface area contributed by atoms with Gasteiger partial charge in [0.15, 0.2) is 0 Å². The number of aliphatic hydroxyl groups excluding tert-OH is 2. The highest BCUT2D eigenvalue weighted by molar-refractivity contribution is 14.1. The molecule has 0 aromatic heterocycles. The summed E-state index contributed by atoms with van der Waals surface area (Å²) in [6.45, 7) is 2.08. The van der Waals surface area contributed by atoms with Gasteiger partial charge in [0.1, 0.15) is 18.0 Å². The van der Waals surface area contributed by atoms with Crippen LogP contribution in [-0.2, 0) is 16.1 Å². The summed E-state index contributed by atoms with van der Waals surface area (Å²) in [5, 5.41) is 24.1. The molecule has 0 saturated carbocycles. The number of unbranched alkanes of at least 4 members (excludes halogenated alkanes) is 1. The number of aliphatic hydroxyl groups is 2. The highest BCUT2D eigenvalue weighted by Gasteiger charge is 2.40. The van der Waals surface area contributed by atoms with Crippen LogP contribution in [0.2, 0.25) is 10.0 Å². The molecule has 3 N–H and O–H groups in total. The van der Waals surface area contributed by atoms with Crippen LogP contribution < -0.4 is 10.1 Å². The first-order valence-corrected chi connectivity index (χ1v) is 14.0. The summed E-state index contributed by atoms with van der Waals surface area (Å²) < 4.78 is 7.02. The second-order valence-corrected chi connectivity index (χ2v) is 10.8. The Hall–Kier alpha value is -1.85. The van der Waals surface area contributed by atoms with E-state index in [1.807, 2.05) is 25.1 Å². The Bertz CT molecular complexity index is 1130. The van der Waals surface area contributed by atoms with Crippen molar-refractivity contribution >= 4 is 57.6 Å². The highest BCUT2D eigenvalue weighted by atomic mass is 127. The molecule has 37 heavy (non-hydrogen) atoms. The van der Waals surface area contributed by atoms with Crippen molar-refractivity contribution in [3.63, 3.8) is 0 Å². The van der Waals surface area contributed by atoms with Crippen LogP contribution in [0.25, 0.3) is 0 Å². The first kappa shape index (κ1) is 29.7. The average Bonchev–Trinajstić information content (AvgIpc) is 2.89. The van der Waals surface area contributed by atoms with E-state index in [1.165, 1.54) is 0 Å². The SMILES string of the molecule is CCCCC(=O)N(Cc1ccc(Cl)c(Cl)c1)C1CC(C(=O)NCCO)=CC(Oc2ccccc2I)C1O. The third kappa shape index (κ3) is 8.07. The minimum Gasteiger partial charge on any atom is -0.482 e. The molecule has 200 valence electrons. The number of amides is 2. The lowest BCUT2D eigenvalue weighted by atomic mass is 9.87. The zero-order valence-corrected chi connectivity index (χ0v) is 24.2. The maximum Gasteiger partial charge on any atom is 0.247 e. The summed E-state index contributed by atoms with van der Waals surface area (Å²) in [5.74, 6) is 0.0485. The lowest BCUT2D eigenvalue weighted by molar-refractivity contribution is -0.139. The van der Waals surface area contributed by atoms with Crippen molar-refractivity contribution in [3.8, 4) is 5.75 Å². The van der Waals surface area contributed by atoms with Crippen molar-refractivity contribution < 1.29 is 24.5 Å². The van der Waals surface area contributed by atoms with Crippen LogP contribution >= 0.6 is 45.8 Å². The summed E-state index contributed by atoms with van der Waals surface area (Å²) in [7, 11) is 0. The van der Waals surface area contributed by atoms with Crippen LogP contribution in [0, 0.1) is 3.57 Å². The van der Waals surface area contributed by atoms with Gasteiger partial charge in [-0.25, -0.2) is 0 Å². The minimum absolute atomic E-state index is 0.0912. The largest absolute Gasteiger partial charge is 0.482 e. The van der Waals surface area contributed by atoms with Crippen LogP contribution in [-0.4, -0.2) is 58.3 Å². The van der Waals surface area contributed by atoms with Crippen molar-refractivity contribution in [2.45, 2.75) is 57.4 Å². The molecule has 0 saturated heterocycles. The van der Waals surface area contributed by atoms with Gasteiger partial charge in [0.05, 0.1) is 26.3 Å². The van der Waals surface area contributed by atoms with Gasteiger partial charge in [-0.3, -0.25) is 9.59 Å². The van der Waals surface area contributed by atoms with E-state index in [0.29, 0.717) is 34.2 Å². The van der Waals surface area contributed by atoms with Gasteiger partial charge in [-0.15, -0.1) is 0 Å². The van der Waals surface area contributed by atoms with Gasteiger partial charge in [0, 0.05) is 31.5 Å². The number of hydrogen-bond donors (Lipinski definition) is 3. The molecule has 0 fully saturated rings. The Kier molecular flexibility index (Phi) is 11.5. The lowest BCUT2D eigenvalue weighted by Crippen LogP contribution is -2.54. The summed E-state index contributed by atoms with van der Waals surface area (Å²) in [6, 6.07) is 11.8. The number of hydrogen-bond acceptors (Lipinski definition) is 5. The van der Waals surface area contributed by atoms with E-state index < -0.39 is 18.2 Å². The zero-order chi connectivity index (χ0) is 26.9. The van der Waals surface area contributed by atoms with Crippen LogP contribution in [0.3, 0.4) is 0 Å². The number of benzene rings is 2. The van der Waals surface area contributed by atoms with Gasteiger partial charge >= 0.3 is 0 Å². The molecule has 0 heterocycles. The molecule has 0 bridgehead atoms. The molecule has 0 radical (unpaired) electrons. The molecule has 1 aliphatic rings. The minimum atomic E-state index is -1.10. The van der Waals surface area contributed by atoms with E-state index in [4.69, 9.17) is 33.0 Å². The van der Waals surface area contributed by atoms with Crippen LogP contribution in [0.1, 0.15) is 38.2 Å². The maximum atomic E-state index is 13.4. The number of carbonyl (C=O) groups is 2. The summed E-state index contributed by atoms with van der Waals surface area (Å²) >= 11 is 14.5. The standard InChI is InChI=1S/C27H31Cl2IN2O5/c1-2-3-8-25(34)32(16-17-9-10-19(28)20(29)13-17)22-14-18(27(36)31-11-12-33)15-24(26(22)35)37-23-7-5-4-6-21(23)30/h4-7,9-10,13,15,22,24,26,33,35H,2-3,8,11-12,14,16H2,1H3,(H,31,36). The third-order valence-corrected chi connectivity index (χ3v) is 7.75. The second-order valence-electron chi connectivity index (χ2n) is 8.82. The number of ether oxygens (including phenoxy) is 1. The second kappa shape index (κ2) is 14.3. The fraction of sp³-hybridized carbons (Fsp3) is 0.407. The first-order valence-electron chi connectivity index (χ1n) is 12.2. The smallest absolute Gasteiger partial charge is 0.247 e. The Morgan fingerprint density at radius 3 is 2.62 bits per heavy atom. The predicted molar refractivity (Wildman–Crippen MR) is 153 cm³/mol. The van der Waals surface area contributed by atoms with Crippen LogP contribution in [0.4, 0.5) is 0 Å². The lowest BCUT2D eigenvalue weighted by Gasteiger charge is -2.40. The Labute approximate surface area is 240 Å². The fourth-order valence-electron chi connectivity index (χ4n) is 4.16. The molecule has 7 nitrogen and oxygen atoms in total. The average molecular weight is 661 g/mol. The topological polar surface area (TPSA) is 99.1 Å². The molecular weight excluding hydrogens is 630 g/mol. The van der Waals surface area contributed by atoms with Gasteiger partial charge < -0.3 is 25.2 Å². The Morgan fingerprint density at radius 2 is 1.95 bits per heavy atom. The van der Waals surface area contributed by atoms with Gasteiger partial charge in [0.25, 0.3) is 0 Å². The van der Waals surface area contributed by atoms with Gasteiger partial charge in [-0.1, -0.05) is 54.7 Å². The highest BCUT2D eigenvalue weighted by Crippen LogP contribution is 2.31. The van der Waals surface area contributed by atoms with Crippen molar-refractivity contribution in [3.05, 3.63) is 73.3 Å². The first-order chi connectivity index (χ1) is 17.7. The predicted octanol–water partition coefficient (Wildman–Crippen LogP) is 4.73. The van der Waals surface area contributed by atoms with Gasteiger partial charge in [-0.05, 0) is 64.9 Å². The quantitative estimate of drug-likeness (QED) is 0.303. The number of carbonyl (C=O) groups excluding carboxylic acids is 2. The molecule has 2 aromatic rings. The number of para-hydroxylation sites is 1. The molecule has 0 spiro atoms. The number of nitrogens with one attached hydrogen (secondary N) is 1. The Morgan fingerprint density at radius 1 is 1.19 bits per heavy atom. The summed E-state index contributed by atoms with van der Waals surface area (Å²) in [4.78, 5) is 28.0. The molecule has 3 unspecified atom stereocenters. The van der Waals surface area contributed by atoms with Crippen molar-refractivity contribution in [1.82, 2.24) is 10.2 Å². The number of halogens is 3. The molecule has 2 amide bonds. The Balaban J connectivity index is 1.98. The number of nitrogens with zero attached hydrogens (tertiary/aromatic N) is 1. The van der Waals surface area contributed by atoms with Crippen molar-refractivity contribution in [2.75, 3.05) is 13.2 Å². The van der Waals surface area contributed by atoms with E-state index in [9.17, 15) is 14.7 Å². The van der Waals surface area contributed by atoms with Crippen LogP contribution in [0.5, 0.6) is 5.75 Å². The van der Waals surface area contributed by atoms with Gasteiger partial charge in [-0.2, -0.15) is 0 Å². The number of rotatable bonds is 11. The van der Waals surface area contributed by atoms with E-state index in [0.717, 1.165) is 15.6 Å². The maximum absolute atomic E-state index is 13.4. The zero-order valence-electron chi connectivity index (χ0n) is 20.5. The molecule has 0 aliphatic heterocycles. The van der Waals surface area contributed by atoms with E-state index in [-0.39, 0.29) is 37.9 Å². The summed E-state index contributed by atoms with van der Waals surface area (Å²) in [6.07, 6.45) is 1.60. The molecule has 2 aromatic carbocycles. The van der Waals surface area contributed by atoms with E-state index in [1.54, 1.807) is 35.2 Å². The van der Waals surface area contributed by atoms with Crippen molar-refractivity contribution in [2.24, 2.45) is 0 Å². The molecule has 3 atom stereocenters. The third-order valence-electron chi connectivity index (χ3n) is 6.12. The van der Waals surface area contributed by atoms with Gasteiger partial charge in [0.2, 0.25) is 11.8 Å². The molecule has 3 rings (SSSR count). The molecule has 10 heteroatoms. The normalized spacial score (nSPS) is 19.2. The van der Waals surface area contributed by atoms with Crippen molar-refractivity contribution in [1.29, 1.82) is 0 Å². The molecule has 1 aliphatic carbocycles. The van der Waals surface area contributed by atoms with E-state index >= 15 is 0 Å². The summed E-state index contributed by atoms with van der Waals surface area (Å²) in [5.41, 5.74) is 1.13. The van der Waals surface area contributed by atoms with Crippen LogP contribution in [0.15, 0.2) is 54.1 Å². The van der Waals surface area contributed by atoms with E-state index in [2.05, 4.69) is 27.9 Å². The monoisotopic (exact) mass is 660 g/mol. The fourth-order valence-corrected chi connectivity index (χ4v) is 5.00. The molecular formula is C27H31Cl2IN2O5.